The average molecular weight is 340 g/mol. The summed E-state index contributed by atoms with van der Waals surface area (Å²) in [6.45, 7) is 5.08. The third-order valence-electron chi connectivity index (χ3n) is 3.17. The predicted octanol–water partition coefficient (Wildman–Crippen LogP) is 4.75. The Morgan fingerprint density at radius 3 is 2.29 bits per heavy atom. The average Bonchev–Trinajstić information content (AvgIpc) is 2.97. The van der Waals surface area contributed by atoms with Crippen LogP contribution in [0.25, 0.3) is 5.57 Å². The number of allylic oxidation sites excluding steroid dienone is 6. The molecule has 0 bridgehead atoms. The maximum atomic E-state index is 13.4. The zero-order chi connectivity index (χ0) is 18.5. The number of nitrogens with zero attached hydrogens (tertiary/aromatic N) is 1. The molecule has 0 aliphatic rings. The number of ketones is 1. The molecule has 0 aromatic carbocycles. The van der Waals surface area contributed by atoms with Crippen LogP contribution in [0.4, 0.5) is 13.2 Å². The molecule has 1 aromatic heterocycles. The predicted molar refractivity (Wildman–Crippen MR) is 87.7 cm³/mol. The van der Waals surface area contributed by atoms with E-state index in [0.717, 1.165) is 19.9 Å². The van der Waals surface area contributed by atoms with E-state index in [-0.39, 0.29) is 0 Å². The lowest BCUT2D eigenvalue weighted by molar-refractivity contribution is -0.113. The highest BCUT2D eigenvalue weighted by Crippen LogP contribution is 2.30. The van der Waals surface area contributed by atoms with Crippen LogP contribution >= 0.6 is 0 Å². The van der Waals surface area contributed by atoms with Gasteiger partial charge in [-0.05, 0) is 44.6 Å². The van der Waals surface area contributed by atoms with Gasteiger partial charge in [0.05, 0.1) is 11.3 Å². The third kappa shape index (κ3) is 4.97. The Kier molecular flexibility index (Phi) is 6.34. The van der Waals surface area contributed by atoms with Gasteiger partial charge in [0.15, 0.2) is 5.78 Å². The Balaban J connectivity index is 3.46. The molecule has 7 heteroatoms. The van der Waals surface area contributed by atoms with E-state index in [0.29, 0.717) is 11.3 Å². The fourth-order valence-corrected chi connectivity index (χ4v) is 2.02. The third-order valence-corrected chi connectivity index (χ3v) is 3.17. The minimum absolute atomic E-state index is 0.330. The number of halogens is 3. The number of carbonyl (C=O) groups is 1. The first kappa shape index (κ1) is 19.5. The number of aromatic nitrogens is 1. The van der Waals surface area contributed by atoms with Crippen LogP contribution in [0.15, 0.2) is 52.5 Å². The Morgan fingerprint density at radius 2 is 1.92 bits per heavy atom. The molecular formula is C17H19F3N2O2. The van der Waals surface area contributed by atoms with Gasteiger partial charge in [-0.3, -0.25) is 4.79 Å². The van der Waals surface area contributed by atoms with Gasteiger partial charge >= 0.3 is 6.18 Å². The summed E-state index contributed by atoms with van der Waals surface area (Å²) in [5.74, 6) is -1.05. The largest absolute Gasteiger partial charge is 0.510 e. The maximum Gasteiger partial charge on any atom is 0.418 e. The molecule has 0 aliphatic carbocycles. The van der Waals surface area contributed by atoms with Crippen LogP contribution in [0.5, 0.6) is 0 Å². The quantitative estimate of drug-likeness (QED) is 0.352. The number of aliphatic hydroxyl groups excluding tert-OH is 1. The van der Waals surface area contributed by atoms with Crippen LogP contribution < -0.4 is 0 Å². The van der Waals surface area contributed by atoms with Crippen LogP contribution in [0.1, 0.15) is 33.4 Å². The Bertz CT molecular complexity index is 718. The lowest BCUT2D eigenvalue weighted by Gasteiger charge is -2.13. The van der Waals surface area contributed by atoms with Gasteiger partial charge in [-0.25, -0.2) is 4.99 Å². The van der Waals surface area contributed by atoms with Crippen molar-refractivity contribution in [1.29, 1.82) is 0 Å². The topological polar surface area (TPSA) is 65.4 Å². The van der Waals surface area contributed by atoms with E-state index >= 15 is 0 Å². The van der Waals surface area contributed by atoms with Crippen molar-refractivity contribution in [2.24, 2.45) is 4.99 Å². The highest BCUT2D eigenvalue weighted by molar-refractivity contribution is 6.05. The molecule has 0 radical (unpaired) electrons. The van der Waals surface area contributed by atoms with Crippen LogP contribution in [0, 0.1) is 0 Å². The van der Waals surface area contributed by atoms with Crippen LogP contribution in [-0.4, -0.2) is 27.8 Å². The van der Waals surface area contributed by atoms with Crippen molar-refractivity contribution in [2.45, 2.75) is 33.9 Å². The monoisotopic (exact) mass is 340 g/mol. The number of aliphatic imine (C=N–C) groups is 1. The molecule has 24 heavy (non-hydrogen) atoms. The van der Waals surface area contributed by atoms with Crippen molar-refractivity contribution in [3.8, 4) is 0 Å². The second kappa shape index (κ2) is 7.81. The summed E-state index contributed by atoms with van der Waals surface area (Å²) in [4.78, 5) is 17.9. The number of alkyl halides is 3. The molecule has 0 saturated carbocycles. The molecule has 1 heterocycles. The lowest BCUT2D eigenvalue weighted by atomic mass is 10.0. The normalized spacial score (nSPS) is 15.4. The van der Waals surface area contributed by atoms with Crippen molar-refractivity contribution < 1.29 is 23.1 Å². The van der Waals surface area contributed by atoms with Crippen molar-refractivity contribution >= 4 is 17.1 Å². The van der Waals surface area contributed by atoms with E-state index < -0.39 is 34.7 Å². The summed E-state index contributed by atoms with van der Waals surface area (Å²) in [7, 11) is 0. The summed E-state index contributed by atoms with van der Waals surface area (Å²) in [5.41, 5.74) is -0.953. The molecule has 0 saturated heterocycles. The van der Waals surface area contributed by atoms with Crippen molar-refractivity contribution in [1.82, 2.24) is 4.98 Å². The number of nitrogens with one attached hydrogen (secondary N) is 1. The molecule has 0 spiro atoms. The van der Waals surface area contributed by atoms with E-state index in [4.69, 9.17) is 0 Å². The molecule has 4 nitrogen and oxygen atoms in total. The Labute approximate surface area is 138 Å². The zero-order valence-corrected chi connectivity index (χ0v) is 13.8. The van der Waals surface area contributed by atoms with E-state index in [1.807, 2.05) is 0 Å². The fraction of sp³-hybridized carbons (Fsp3) is 0.294. The first-order valence-electron chi connectivity index (χ1n) is 7.13. The van der Waals surface area contributed by atoms with Gasteiger partial charge < -0.3 is 10.1 Å². The second-order valence-corrected chi connectivity index (χ2v) is 5.07. The molecule has 0 aliphatic heterocycles. The number of aromatic amines is 1. The molecule has 0 amide bonds. The summed E-state index contributed by atoms with van der Waals surface area (Å²) >= 11 is 0. The minimum Gasteiger partial charge on any atom is -0.510 e. The van der Waals surface area contributed by atoms with Gasteiger partial charge in [0.25, 0.3) is 0 Å². The number of rotatable bonds is 5. The number of hydrogen-bond donors (Lipinski definition) is 2. The van der Waals surface area contributed by atoms with E-state index in [1.54, 1.807) is 25.3 Å². The van der Waals surface area contributed by atoms with Crippen molar-refractivity contribution in [3.63, 3.8) is 0 Å². The van der Waals surface area contributed by atoms with Crippen LogP contribution in [-0.2, 0) is 4.79 Å². The highest BCUT2D eigenvalue weighted by atomic mass is 19.4. The molecule has 0 unspecified atom stereocenters. The van der Waals surface area contributed by atoms with Crippen LogP contribution in [0.2, 0.25) is 0 Å². The molecule has 0 atom stereocenters. The Morgan fingerprint density at radius 1 is 1.29 bits per heavy atom. The Hall–Kier alpha value is -2.57. The second-order valence-electron chi connectivity index (χ2n) is 5.07. The highest BCUT2D eigenvalue weighted by Gasteiger charge is 2.36. The molecule has 130 valence electrons. The molecule has 1 rings (SSSR count). The number of hydrogen-bond acceptors (Lipinski definition) is 3. The van der Waals surface area contributed by atoms with Crippen molar-refractivity contribution in [3.05, 3.63) is 53.2 Å². The van der Waals surface area contributed by atoms with Crippen molar-refractivity contribution in [2.75, 3.05) is 0 Å². The van der Waals surface area contributed by atoms with Gasteiger partial charge in [-0.15, -0.1) is 0 Å². The van der Waals surface area contributed by atoms with E-state index in [1.165, 1.54) is 13.0 Å². The number of aliphatic hydroxyl groups is 1. The zero-order valence-electron chi connectivity index (χ0n) is 13.8. The van der Waals surface area contributed by atoms with Gasteiger partial charge in [-0.1, -0.05) is 6.08 Å². The number of Topliss-reactive ketones (excluding diaryl/α,β-unsaturated/α-hetero) is 1. The fourth-order valence-electron chi connectivity index (χ4n) is 2.02. The lowest BCUT2D eigenvalue weighted by Crippen LogP contribution is -2.19. The molecule has 2 N–H and O–H groups in total. The summed E-state index contributed by atoms with van der Waals surface area (Å²) in [5, 5.41) is 9.43. The first-order valence-corrected chi connectivity index (χ1v) is 7.13. The van der Waals surface area contributed by atoms with Gasteiger partial charge in [-0.2, -0.15) is 13.2 Å². The molecule has 0 fully saturated rings. The number of carbonyl (C=O) groups excluding carboxylic acids is 1. The van der Waals surface area contributed by atoms with Crippen LogP contribution in [0.3, 0.4) is 0 Å². The summed E-state index contributed by atoms with van der Waals surface area (Å²) in [6, 6.07) is 3.32. The smallest absolute Gasteiger partial charge is 0.418 e. The van der Waals surface area contributed by atoms with E-state index in [2.05, 4.69) is 9.98 Å². The van der Waals surface area contributed by atoms with Gasteiger partial charge in [0, 0.05) is 18.8 Å². The standard InChI is InChI=1S/C17H19F3N2O2/c1-5-13(15-7-6-8-21-15)9-14(17(18,19)20)10(2)22-16(11(3)23)12(4)24/h5-9,21,23H,1-4H3/b13-5+,14-9+,16-11+,22-10+. The minimum atomic E-state index is -4.67. The summed E-state index contributed by atoms with van der Waals surface area (Å²) in [6.07, 6.45) is -0.578. The van der Waals surface area contributed by atoms with Gasteiger partial charge in [0.2, 0.25) is 0 Å². The number of H-pyrrole nitrogens is 1. The molecular weight excluding hydrogens is 321 g/mol. The first-order chi connectivity index (χ1) is 11.1. The SMILES string of the molecule is C\C=C(/C=C(\C(C)=N\C(C(C)=O)=C(/C)O)C(F)(F)F)c1ccc[nH]1. The molecule has 1 aromatic rings. The van der Waals surface area contributed by atoms with E-state index in [9.17, 15) is 23.1 Å². The maximum absolute atomic E-state index is 13.4. The van der Waals surface area contributed by atoms with Gasteiger partial charge in [0.1, 0.15) is 11.5 Å². The summed E-state index contributed by atoms with van der Waals surface area (Å²) < 4.78 is 40.2.